The van der Waals surface area contributed by atoms with Crippen molar-refractivity contribution in [2.75, 3.05) is 19.8 Å². The summed E-state index contributed by atoms with van der Waals surface area (Å²) in [4.78, 5) is 38.7. The molecule has 2 N–H and O–H groups in total. The molecule has 0 spiro atoms. The van der Waals surface area contributed by atoms with Crippen LogP contribution in [0.1, 0.15) is 31.5 Å². The van der Waals surface area contributed by atoms with Crippen molar-refractivity contribution in [2.24, 2.45) is 0 Å². The Morgan fingerprint density at radius 1 is 1.05 bits per heavy atom. The number of ether oxygens (including phenoxy) is 3. The summed E-state index contributed by atoms with van der Waals surface area (Å²) in [6, 6.07) is 18.3. The maximum atomic E-state index is 13.6. The predicted molar refractivity (Wildman–Crippen MR) is 148 cm³/mol. The topological polar surface area (TPSA) is 119 Å². The third-order valence-electron chi connectivity index (χ3n) is 6.53. The maximum Gasteiger partial charge on any atom is 0.418 e. The molecule has 3 amide bonds. The summed E-state index contributed by atoms with van der Waals surface area (Å²) in [5.74, 6) is 0.0746. The van der Waals surface area contributed by atoms with E-state index in [4.69, 9.17) is 19.2 Å². The standard InChI is InChI=1S/C30H30FN5O5/c1-3-36(29(38)39-17-20-7-5-4-6-8-20)28(37)35-30(2)18-40-27(41-19-30)26-33-24(21-9-11-23(31)12-10-21)25(34-26)22-13-15-32-16-14-22/h4-16,27H,3,17-19H2,1-2H3,(H,33,34)(H,35,37). The van der Waals surface area contributed by atoms with Gasteiger partial charge >= 0.3 is 12.1 Å². The van der Waals surface area contributed by atoms with Gasteiger partial charge in [0.25, 0.3) is 0 Å². The first-order valence-corrected chi connectivity index (χ1v) is 13.1. The summed E-state index contributed by atoms with van der Waals surface area (Å²) >= 11 is 0. The molecule has 0 unspecified atom stereocenters. The average Bonchev–Trinajstić information content (AvgIpc) is 3.43. The Morgan fingerprint density at radius 2 is 1.73 bits per heavy atom. The molecule has 1 aliphatic heterocycles. The van der Waals surface area contributed by atoms with Gasteiger partial charge in [0, 0.05) is 30.1 Å². The molecule has 5 rings (SSSR count). The highest BCUT2D eigenvalue weighted by Crippen LogP contribution is 2.34. The van der Waals surface area contributed by atoms with Gasteiger partial charge in [-0.3, -0.25) is 4.98 Å². The third kappa shape index (κ3) is 6.59. The molecule has 0 radical (unpaired) electrons. The van der Waals surface area contributed by atoms with Crippen LogP contribution in [0.25, 0.3) is 22.5 Å². The lowest BCUT2D eigenvalue weighted by Gasteiger charge is -2.38. The fourth-order valence-corrected chi connectivity index (χ4v) is 4.36. The van der Waals surface area contributed by atoms with E-state index in [-0.39, 0.29) is 32.2 Å². The van der Waals surface area contributed by atoms with Crippen LogP contribution in [0.3, 0.4) is 0 Å². The monoisotopic (exact) mass is 559 g/mol. The molecule has 11 heteroatoms. The van der Waals surface area contributed by atoms with Crippen LogP contribution >= 0.6 is 0 Å². The van der Waals surface area contributed by atoms with Crippen LogP contribution in [0.15, 0.2) is 79.1 Å². The van der Waals surface area contributed by atoms with Crippen molar-refractivity contribution in [3.05, 3.63) is 96.3 Å². The van der Waals surface area contributed by atoms with Crippen LogP contribution in [0, 0.1) is 5.82 Å². The second kappa shape index (κ2) is 12.3. The number of nitrogens with one attached hydrogen (secondary N) is 2. The van der Waals surface area contributed by atoms with E-state index in [9.17, 15) is 14.0 Å². The first-order valence-electron chi connectivity index (χ1n) is 13.1. The number of urea groups is 1. The lowest BCUT2D eigenvalue weighted by Crippen LogP contribution is -2.59. The highest BCUT2D eigenvalue weighted by atomic mass is 19.1. The molecular formula is C30H30FN5O5. The van der Waals surface area contributed by atoms with Gasteiger partial charge in [-0.1, -0.05) is 30.3 Å². The van der Waals surface area contributed by atoms with Gasteiger partial charge in [0.05, 0.1) is 30.1 Å². The van der Waals surface area contributed by atoms with Crippen LogP contribution in [-0.2, 0) is 20.8 Å². The number of carbonyl (C=O) groups is 2. The summed E-state index contributed by atoms with van der Waals surface area (Å²) in [6.07, 6.45) is 1.75. The van der Waals surface area contributed by atoms with Gasteiger partial charge in [0.15, 0.2) is 5.82 Å². The van der Waals surface area contributed by atoms with Crippen molar-refractivity contribution >= 4 is 12.1 Å². The number of aromatic nitrogens is 3. The highest BCUT2D eigenvalue weighted by Gasteiger charge is 2.38. The van der Waals surface area contributed by atoms with E-state index in [1.165, 1.54) is 12.1 Å². The van der Waals surface area contributed by atoms with E-state index in [1.54, 1.807) is 38.4 Å². The van der Waals surface area contributed by atoms with Crippen molar-refractivity contribution < 1.29 is 28.2 Å². The molecule has 10 nitrogen and oxygen atoms in total. The number of benzene rings is 2. The molecule has 0 atom stereocenters. The van der Waals surface area contributed by atoms with E-state index in [0.29, 0.717) is 22.8 Å². The van der Waals surface area contributed by atoms with Crippen molar-refractivity contribution in [2.45, 2.75) is 32.3 Å². The van der Waals surface area contributed by atoms with Gasteiger partial charge in [-0.15, -0.1) is 0 Å². The zero-order valence-electron chi connectivity index (χ0n) is 22.7. The van der Waals surface area contributed by atoms with Crippen molar-refractivity contribution in [3.63, 3.8) is 0 Å². The molecule has 3 heterocycles. The zero-order chi connectivity index (χ0) is 28.8. The maximum absolute atomic E-state index is 13.6. The number of pyridine rings is 1. The Hall–Kier alpha value is -4.61. The molecule has 1 saturated heterocycles. The van der Waals surface area contributed by atoms with Gasteiger partial charge in [0.2, 0.25) is 6.29 Å². The number of rotatable bonds is 7. The first kappa shape index (κ1) is 27.9. The van der Waals surface area contributed by atoms with Crippen LogP contribution < -0.4 is 5.32 Å². The fourth-order valence-electron chi connectivity index (χ4n) is 4.36. The Morgan fingerprint density at radius 3 is 2.39 bits per heavy atom. The molecule has 0 saturated carbocycles. The largest absolute Gasteiger partial charge is 0.444 e. The molecular weight excluding hydrogens is 529 g/mol. The van der Waals surface area contributed by atoms with Crippen LogP contribution in [0.4, 0.5) is 14.0 Å². The fraction of sp³-hybridized carbons (Fsp3) is 0.267. The smallest absolute Gasteiger partial charge is 0.418 e. The van der Waals surface area contributed by atoms with E-state index in [0.717, 1.165) is 16.0 Å². The van der Waals surface area contributed by atoms with Gasteiger partial charge in [-0.05, 0) is 55.8 Å². The van der Waals surface area contributed by atoms with Crippen molar-refractivity contribution in [3.8, 4) is 22.5 Å². The quantitative estimate of drug-likeness (QED) is 0.309. The Bertz CT molecular complexity index is 1470. The average molecular weight is 560 g/mol. The van der Waals surface area contributed by atoms with E-state index >= 15 is 0 Å². The molecule has 0 bridgehead atoms. The molecule has 2 aromatic carbocycles. The van der Waals surface area contributed by atoms with E-state index < -0.39 is 24.0 Å². The predicted octanol–water partition coefficient (Wildman–Crippen LogP) is 5.45. The van der Waals surface area contributed by atoms with Gasteiger partial charge in [-0.25, -0.2) is 23.9 Å². The number of hydrogen-bond acceptors (Lipinski definition) is 7. The van der Waals surface area contributed by atoms with Crippen LogP contribution in [0.2, 0.25) is 0 Å². The molecule has 2 aromatic heterocycles. The molecule has 4 aromatic rings. The highest BCUT2D eigenvalue weighted by molar-refractivity contribution is 5.91. The number of nitrogens with zero attached hydrogens (tertiary/aromatic N) is 3. The third-order valence-corrected chi connectivity index (χ3v) is 6.53. The molecule has 1 fully saturated rings. The number of imide groups is 1. The van der Waals surface area contributed by atoms with E-state index in [1.807, 2.05) is 42.5 Å². The van der Waals surface area contributed by atoms with Crippen molar-refractivity contribution in [1.82, 2.24) is 25.2 Å². The SMILES string of the molecule is CCN(C(=O)NC1(C)COC(c2nc(-c3ccc(F)cc3)c(-c3ccncc3)[nH]2)OC1)C(=O)OCc1ccccc1. The number of H-pyrrole nitrogens is 1. The normalized spacial score (nSPS) is 18.5. The Kier molecular flexibility index (Phi) is 8.37. The summed E-state index contributed by atoms with van der Waals surface area (Å²) in [5.41, 5.74) is 2.76. The number of aromatic amines is 1. The summed E-state index contributed by atoms with van der Waals surface area (Å²) in [6.45, 7) is 3.81. The van der Waals surface area contributed by atoms with Gasteiger partial charge in [-0.2, -0.15) is 0 Å². The minimum absolute atomic E-state index is 0.0547. The molecule has 0 aliphatic carbocycles. The second-order valence-electron chi connectivity index (χ2n) is 9.82. The van der Waals surface area contributed by atoms with E-state index in [2.05, 4.69) is 15.3 Å². The second-order valence-corrected chi connectivity index (χ2v) is 9.82. The summed E-state index contributed by atoms with van der Waals surface area (Å²) < 4.78 is 30.9. The molecule has 1 aliphatic rings. The van der Waals surface area contributed by atoms with Crippen LogP contribution in [-0.4, -0.2) is 57.3 Å². The van der Waals surface area contributed by atoms with Crippen LogP contribution in [0.5, 0.6) is 0 Å². The minimum atomic E-state index is -0.916. The first-order chi connectivity index (χ1) is 19.8. The number of carbonyl (C=O) groups excluding carboxylic acids is 2. The van der Waals surface area contributed by atoms with Gasteiger partial charge < -0.3 is 24.5 Å². The minimum Gasteiger partial charge on any atom is -0.444 e. The number of imidazole rings is 1. The van der Waals surface area contributed by atoms with Crippen molar-refractivity contribution in [1.29, 1.82) is 0 Å². The summed E-state index contributed by atoms with van der Waals surface area (Å²) in [5, 5.41) is 2.83. The number of hydrogen-bond donors (Lipinski definition) is 2. The zero-order valence-corrected chi connectivity index (χ0v) is 22.7. The lowest BCUT2D eigenvalue weighted by molar-refractivity contribution is -0.215. The Balaban J connectivity index is 1.25. The number of halogens is 1. The lowest BCUT2D eigenvalue weighted by atomic mass is 10.0. The van der Waals surface area contributed by atoms with Gasteiger partial charge in [0.1, 0.15) is 12.4 Å². The summed E-state index contributed by atoms with van der Waals surface area (Å²) in [7, 11) is 0. The molecule has 41 heavy (non-hydrogen) atoms. The molecule has 212 valence electrons. The number of amides is 3. The Labute approximate surface area is 236 Å².